The molecule has 0 aliphatic heterocycles. The van der Waals surface area contributed by atoms with Gasteiger partial charge < -0.3 is 4.98 Å². The molecule has 8 heteroatoms. The van der Waals surface area contributed by atoms with Crippen LogP contribution >= 0.6 is 11.6 Å². The lowest BCUT2D eigenvalue weighted by Gasteiger charge is -2.07. The van der Waals surface area contributed by atoms with Crippen LogP contribution in [0.2, 0.25) is 5.15 Å². The number of hydrogen-bond acceptors (Lipinski definition) is 4. The Labute approximate surface area is 158 Å². The van der Waals surface area contributed by atoms with Gasteiger partial charge in [0.2, 0.25) is 5.95 Å². The summed E-state index contributed by atoms with van der Waals surface area (Å²) in [5.41, 5.74) is 2.55. The quantitative estimate of drug-likeness (QED) is 0.570. The van der Waals surface area contributed by atoms with Gasteiger partial charge in [-0.3, -0.25) is 14.9 Å². The van der Waals surface area contributed by atoms with E-state index in [2.05, 4.69) is 20.4 Å². The molecule has 134 valence electrons. The van der Waals surface area contributed by atoms with Gasteiger partial charge in [-0.1, -0.05) is 35.9 Å². The number of aromatic amines is 1. The topological polar surface area (TPSA) is 92.7 Å². The zero-order chi connectivity index (χ0) is 18.8. The molecule has 2 aromatic carbocycles. The summed E-state index contributed by atoms with van der Waals surface area (Å²) in [5.74, 6) is 0.0710. The van der Waals surface area contributed by atoms with Gasteiger partial charge in [0.1, 0.15) is 5.15 Å². The Morgan fingerprint density at radius 1 is 1.11 bits per heavy atom. The maximum absolute atomic E-state index is 12.5. The van der Waals surface area contributed by atoms with Crippen LogP contribution in [0.3, 0.4) is 0 Å². The second kappa shape index (κ2) is 7.05. The first-order valence-electron chi connectivity index (χ1n) is 8.17. The fraction of sp³-hybridized carbons (Fsp3) is 0.0526. The molecule has 0 spiro atoms. The number of nitrogens with one attached hydrogen (secondary N) is 2. The second-order valence-electron chi connectivity index (χ2n) is 5.91. The summed E-state index contributed by atoms with van der Waals surface area (Å²) >= 11 is 5.84. The van der Waals surface area contributed by atoms with Crippen molar-refractivity contribution in [3.05, 3.63) is 87.3 Å². The summed E-state index contributed by atoms with van der Waals surface area (Å²) in [6.07, 6.45) is 0. The van der Waals surface area contributed by atoms with Crippen molar-refractivity contribution >= 4 is 34.5 Å². The molecule has 0 radical (unpaired) electrons. The number of benzene rings is 2. The lowest BCUT2D eigenvalue weighted by molar-refractivity contribution is 0.102. The number of carbonyl (C=O) groups is 1. The van der Waals surface area contributed by atoms with E-state index in [-0.39, 0.29) is 23.2 Å². The van der Waals surface area contributed by atoms with E-state index in [1.165, 1.54) is 16.8 Å². The van der Waals surface area contributed by atoms with Gasteiger partial charge in [0, 0.05) is 11.6 Å². The molecule has 27 heavy (non-hydrogen) atoms. The number of anilines is 1. The number of halogens is 1. The molecule has 0 aliphatic carbocycles. The molecule has 2 N–H and O–H groups in total. The fourth-order valence-electron chi connectivity index (χ4n) is 2.71. The predicted molar refractivity (Wildman–Crippen MR) is 103 cm³/mol. The van der Waals surface area contributed by atoms with Crippen LogP contribution in [0.5, 0.6) is 0 Å². The molecular weight excluding hydrogens is 366 g/mol. The Hall–Kier alpha value is -3.45. The molecule has 4 rings (SSSR count). The number of para-hydroxylation sites is 2. The Morgan fingerprint density at radius 3 is 2.81 bits per heavy atom. The van der Waals surface area contributed by atoms with Crippen molar-refractivity contribution in [3.8, 4) is 0 Å². The van der Waals surface area contributed by atoms with Gasteiger partial charge in [0.05, 0.1) is 17.6 Å². The minimum Gasteiger partial charge on any atom is -0.324 e. The van der Waals surface area contributed by atoms with Gasteiger partial charge in [-0.15, -0.1) is 0 Å². The highest BCUT2D eigenvalue weighted by molar-refractivity contribution is 6.29. The van der Waals surface area contributed by atoms with Gasteiger partial charge in [-0.2, -0.15) is 5.10 Å². The number of H-pyrrole nitrogens is 1. The van der Waals surface area contributed by atoms with Crippen LogP contribution in [0.1, 0.15) is 15.9 Å². The van der Waals surface area contributed by atoms with Crippen LogP contribution in [-0.4, -0.2) is 25.7 Å². The maximum Gasteiger partial charge on any atom is 0.267 e. The molecule has 2 heterocycles. The summed E-state index contributed by atoms with van der Waals surface area (Å²) in [5, 5.41) is 6.97. The van der Waals surface area contributed by atoms with Crippen molar-refractivity contribution in [2.75, 3.05) is 5.32 Å². The molecule has 1 amide bonds. The number of rotatable bonds is 4. The third-order valence-corrected chi connectivity index (χ3v) is 4.18. The molecule has 4 aromatic rings. The lowest BCUT2D eigenvalue weighted by atomic mass is 10.1. The van der Waals surface area contributed by atoms with Gasteiger partial charge in [0.25, 0.3) is 11.5 Å². The highest BCUT2D eigenvalue weighted by Gasteiger charge is 2.10. The molecule has 0 atom stereocenters. The number of amides is 1. The standard InChI is InChI=1S/C19H14ClN5O2/c20-16-8-9-17(26)25(24-16)11-12-4-3-5-13(10-12)18(27)23-19-21-14-6-1-2-7-15(14)22-19/h1-10H,11H2,(H2,21,22,23,27). The summed E-state index contributed by atoms with van der Waals surface area (Å²) in [4.78, 5) is 31.8. The van der Waals surface area contributed by atoms with Crippen molar-refractivity contribution in [3.63, 3.8) is 0 Å². The van der Waals surface area contributed by atoms with Gasteiger partial charge >= 0.3 is 0 Å². The fourth-order valence-corrected chi connectivity index (χ4v) is 2.87. The molecule has 0 saturated heterocycles. The van der Waals surface area contributed by atoms with Gasteiger partial charge in [-0.25, -0.2) is 9.67 Å². The summed E-state index contributed by atoms with van der Waals surface area (Å²) < 4.78 is 1.25. The van der Waals surface area contributed by atoms with Crippen LogP contribution in [0.4, 0.5) is 5.95 Å². The smallest absolute Gasteiger partial charge is 0.267 e. The Kier molecular flexibility index (Phi) is 4.43. The SMILES string of the molecule is O=C(Nc1nc2ccccc2[nH]1)c1cccc(Cn2nc(Cl)ccc2=O)c1. The molecule has 0 unspecified atom stereocenters. The van der Waals surface area contributed by atoms with E-state index in [4.69, 9.17) is 11.6 Å². The molecule has 0 fully saturated rings. The molecule has 7 nitrogen and oxygen atoms in total. The Bertz CT molecular complexity index is 1160. The van der Waals surface area contributed by atoms with Gasteiger partial charge in [-0.05, 0) is 35.9 Å². The number of aromatic nitrogens is 4. The average molecular weight is 380 g/mol. The normalized spacial score (nSPS) is 10.9. The Balaban J connectivity index is 1.55. The van der Waals surface area contributed by atoms with E-state index in [9.17, 15) is 9.59 Å². The zero-order valence-electron chi connectivity index (χ0n) is 14.0. The maximum atomic E-state index is 12.5. The van der Waals surface area contributed by atoms with Crippen molar-refractivity contribution in [2.24, 2.45) is 0 Å². The lowest BCUT2D eigenvalue weighted by Crippen LogP contribution is -2.22. The van der Waals surface area contributed by atoms with Crippen LogP contribution in [0.25, 0.3) is 11.0 Å². The first-order chi connectivity index (χ1) is 13.1. The molecule has 0 aliphatic rings. The summed E-state index contributed by atoms with van der Waals surface area (Å²) in [7, 11) is 0. The van der Waals surface area contributed by atoms with Crippen LogP contribution in [-0.2, 0) is 6.54 Å². The highest BCUT2D eigenvalue weighted by Crippen LogP contribution is 2.15. The van der Waals surface area contributed by atoms with E-state index < -0.39 is 0 Å². The molecule has 0 bridgehead atoms. The van der Waals surface area contributed by atoms with E-state index in [0.29, 0.717) is 11.5 Å². The van der Waals surface area contributed by atoms with E-state index >= 15 is 0 Å². The monoisotopic (exact) mass is 379 g/mol. The minimum absolute atomic E-state index is 0.213. The molecular formula is C19H14ClN5O2. The second-order valence-corrected chi connectivity index (χ2v) is 6.30. The average Bonchev–Trinajstić information content (AvgIpc) is 3.07. The summed E-state index contributed by atoms with van der Waals surface area (Å²) in [6.45, 7) is 0.213. The van der Waals surface area contributed by atoms with Crippen molar-refractivity contribution in [1.82, 2.24) is 19.7 Å². The van der Waals surface area contributed by atoms with Crippen LogP contribution in [0, 0.1) is 0 Å². The molecule has 2 aromatic heterocycles. The number of fused-ring (bicyclic) bond motifs is 1. The van der Waals surface area contributed by atoms with Crippen molar-refractivity contribution in [1.29, 1.82) is 0 Å². The van der Waals surface area contributed by atoms with E-state index in [1.807, 2.05) is 30.3 Å². The van der Waals surface area contributed by atoms with Gasteiger partial charge in [0.15, 0.2) is 0 Å². The highest BCUT2D eigenvalue weighted by atomic mass is 35.5. The number of carbonyl (C=O) groups excluding carboxylic acids is 1. The summed E-state index contributed by atoms with van der Waals surface area (Å²) in [6, 6.07) is 17.3. The number of nitrogens with zero attached hydrogens (tertiary/aromatic N) is 3. The van der Waals surface area contributed by atoms with Crippen molar-refractivity contribution in [2.45, 2.75) is 6.54 Å². The number of imidazole rings is 1. The molecule has 0 saturated carbocycles. The van der Waals surface area contributed by atoms with Crippen molar-refractivity contribution < 1.29 is 4.79 Å². The first kappa shape index (κ1) is 17.0. The first-order valence-corrected chi connectivity index (χ1v) is 8.55. The van der Waals surface area contributed by atoms with Crippen LogP contribution < -0.4 is 10.9 Å². The van der Waals surface area contributed by atoms with E-state index in [0.717, 1.165) is 16.6 Å². The largest absolute Gasteiger partial charge is 0.324 e. The predicted octanol–water partition coefficient (Wildman–Crippen LogP) is 3.07. The Morgan fingerprint density at radius 2 is 1.96 bits per heavy atom. The number of hydrogen-bond donors (Lipinski definition) is 2. The third-order valence-electron chi connectivity index (χ3n) is 3.98. The zero-order valence-corrected chi connectivity index (χ0v) is 14.8. The third kappa shape index (κ3) is 3.73. The minimum atomic E-state index is -0.303. The van der Waals surface area contributed by atoms with Crippen LogP contribution in [0.15, 0.2) is 65.5 Å². The van der Waals surface area contributed by atoms with E-state index in [1.54, 1.807) is 18.2 Å².